The topological polar surface area (TPSA) is 27.7 Å². The molecule has 2 rings (SSSR count). The van der Waals surface area contributed by atoms with E-state index in [0.29, 0.717) is 31.3 Å². The van der Waals surface area contributed by atoms with Crippen molar-refractivity contribution in [2.75, 3.05) is 19.8 Å². The van der Waals surface area contributed by atoms with E-state index in [1.165, 1.54) is 12.1 Å². The Morgan fingerprint density at radius 2 is 1.33 bits per heavy atom. The second-order valence-corrected chi connectivity index (χ2v) is 4.45. The van der Waals surface area contributed by atoms with Crippen LogP contribution in [0.4, 0.5) is 4.39 Å². The van der Waals surface area contributed by atoms with E-state index in [2.05, 4.69) is 6.92 Å². The Balaban J connectivity index is 1.79. The van der Waals surface area contributed by atoms with Crippen LogP contribution < -0.4 is 14.2 Å². The third kappa shape index (κ3) is 4.99. The molecule has 4 heteroatoms. The number of hydrogen-bond donors (Lipinski definition) is 0. The summed E-state index contributed by atoms with van der Waals surface area (Å²) in [5.74, 6) is 1.78. The van der Waals surface area contributed by atoms with Crippen LogP contribution in [0.3, 0.4) is 0 Å². The van der Waals surface area contributed by atoms with Crippen molar-refractivity contribution < 1.29 is 18.6 Å². The first-order valence-electron chi connectivity index (χ1n) is 7.02. The van der Waals surface area contributed by atoms with Gasteiger partial charge >= 0.3 is 0 Å². The van der Waals surface area contributed by atoms with Crippen LogP contribution in [0, 0.1) is 5.82 Å². The van der Waals surface area contributed by atoms with E-state index < -0.39 is 0 Å². The Morgan fingerprint density at radius 1 is 0.762 bits per heavy atom. The zero-order valence-corrected chi connectivity index (χ0v) is 12.0. The van der Waals surface area contributed by atoms with Crippen molar-refractivity contribution in [2.45, 2.75) is 13.3 Å². The molecule has 3 nitrogen and oxygen atoms in total. The molecule has 0 amide bonds. The maximum absolute atomic E-state index is 12.7. The number of para-hydroxylation sites is 2. The maximum atomic E-state index is 12.7. The summed E-state index contributed by atoms with van der Waals surface area (Å²) in [6.45, 7) is 3.49. The fourth-order valence-corrected chi connectivity index (χ4v) is 1.74. The minimum Gasteiger partial charge on any atom is -0.490 e. The Hall–Kier alpha value is -2.23. The molecular weight excluding hydrogens is 271 g/mol. The van der Waals surface area contributed by atoms with Gasteiger partial charge in [-0.25, -0.2) is 4.39 Å². The van der Waals surface area contributed by atoms with E-state index in [4.69, 9.17) is 14.2 Å². The number of rotatable bonds is 8. The average Bonchev–Trinajstić information content (AvgIpc) is 2.52. The molecule has 0 aliphatic rings. The van der Waals surface area contributed by atoms with Gasteiger partial charge in [0.2, 0.25) is 0 Å². The summed E-state index contributed by atoms with van der Waals surface area (Å²) >= 11 is 0. The van der Waals surface area contributed by atoms with E-state index in [-0.39, 0.29) is 5.82 Å². The van der Waals surface area contributed by atoms with E-state index in [9.17, 15) is 4.39 Å². The molecule has 0 aliphatic heterocycles. The van der Waals surface area contributed by atoms with Crippen molar-refractivity contribution in [2.24, 2.45) is 0 Å². The van der Waals surface area contributed by atoms with Gasteiger partial charge in [-0.1, -0.05) is 19.1 Å². The lowest BCUT2D eigenvalue weighted by atomic mass is 10.3. The van der Waals surface area contributed by atoms with Gasteiger partial charge in [0.05, 0.1) is 6.61 Å². The van der Waals surface area contributed by atoms with Crippen LogP contribution >= 0.6 is 0 Å². The lowest BCUT2D eigenvalue weighted by molar-refractivity contribution is 0.207. The van der Waals surface area contributed by atoms with Crippen molar-refractivity contribution in [3.8, 4) is 17.2 Å². The van der Waals surface area contributed by atoms with Gasteiger partial charge in [-0.05, 0) is 42.8 Å². The number of halogens is 1. The quantitative estimate of drug-likeness (QED) is 0.686. The highest BCUT2D eigenvalue weighted by Crippen LogP contribution is 2.26. The van der Waals surface area contributed by atoms with Gasteiger partial charge in [-0.2, -0.15) is 0 Å². The Bertz CT molecular complexity index is 540. The van der Waals surface area contributed by atoms with E-state index >= 15 is 0 Å². The second-order valence-electron chi connectivity index (χ2n) is 4.45. The molecule has 0 bridgehead atoms. The molecule has 0 fully saturated rings. The number of benzene rings is 2. The fraction of sp³-hybridized carbons (Fsp3) is 0.294. The summed E-state index contributed by atoms with van der Waals surface area (Å²) < 4.78 is 29.5. The Morgan fingerprint density at radius 3 is 1.95 bits per heavy atom. The molecule has 0 aromatic heterocycles. The minimum absolute atomic E-state index is 0.277. The molecule has 0 saturated heterocycles. The summed E-state index contributed by atoms with van der Waals surface area (Å²) in [5.41, 5.74) is 0. The van der Waals surface area contributed by atoms with E-state index in [1.807, 2.05) is 24.3 Å². The highest BCUT2D eigenvalue weighted by molar-refractivity contribution is 5.39. The summed E-state index contributed by atoms with van der Waals surface area (Å²) in [6, 6.07) is 13.5. The molecule has 0 spiro atoms. The predicted molar refractivity (Wildman–Crippen MR) is 79.6 cm³/mol. The summed E-state index contributed by atoms with van der Waals surface area (Å²) in [6.07, 6.45) is 0.946. The third-order valence-corrected chi connectivity index (χ3v) is 2.73. The molecule has 2 aromatic carbocycles. The van der Waals surface area contributed by atoms with Crippen molar-refractivity contribution >= 4 is 0 Å². The molecule has 0 aliphatic carbocycles. The lowest BCUT2D eigenvalue weighted by Crippen LogP contribution is -2.10. The SMILES string of the molecule is CCCOc1ccccc1OCCOc1ccc(F)cc1. The molecule has 112 valence electrons. The molecule has 0 saturated carbocycles. The number of ether oxygens (including phenoxy) is 3. The lowest BCUT2D eigenvalue weighted by Gasteiger charge is -2.12. The number of hydrogen-bond acceptors (Lipinski definition) is 3. The molecule has 0 atom stereocenters. The first-order chi connectivity index (χ1) is 10.3. The van der Waals surface area contributed by atoms with Gasteiger partial charge in [0.15, 0.2) is 11.5 Å². The highest BCUT2D eigenvalue weighted by atomic mass is 19.1. The Kier molecular flexibility index (Phi) is 5.88. The van der Waals surface area contributed by atoms with Crippen molar-refractivity contribution in [1.29, 1.82) is 0 Å². The van der Waals surface area contributed by atoms with Crippen molar-refractivity contribution in [1.82, 2.24) is 0 Å². The average molecular weight is 290 g/mol. The van der Waals surface area contributed by atoms with Crippen LogP contribution in [0.5, 0.6) is 17.2 Å². The van der Waals surface area contributed by atoms with Crippen LogP contribution in [-0.4, -0.2) is 19.8 Å². The molecule has 21 heavy (non-hydrogen) atoms. The Labute approximate surface area is 124 Å². The van der Waals surface area contributed by atoms with Crippen molar-refractivity contribution in [3.63, 3.8) is 0 Å². The fourth-order valence-electron chi connectivity index (χ4n) is 1.74. The third-order valence-electron chi connectivity index (χ3n) is 2.73. The summed E-state index contributed by atoms with van der Waals surface area (Å²) in [4.78, 5) is 0. The molecule has 0 radical (unpaired) electrons. The van der Waals surface area contributed by atoms with Gasteiger partial charge in [0.1, 0.15) is 24.8 Å². The second kappa shape index (κ2) is 8.15. The van der Waals surface area contributed by atoms with Crippen LogP contribution in [0.1, 0.15) is 13.3 Å². The van der Waals surface area contributed by atoms with Crippen LogP contribution in [0.2, 0.25) is 0 Å². The van der Waals surface area contributed by atoms with Crippen LogP contribution in [-0.2, 0) is 0 Å². The smallest absolute Gasteiger partial charge is 0.161 e. The normalized spacial score (nSPS) is 10.2. The molecular formula is C17H19FO3. The van der Waals surface area contributed by atoms with Gasteiger partial charge in [0, 0.05) is 0 Å². The highest BCUT2D eigenvalue weighted by Gasteiger charge is 2.03. The molecule has 2 aromatic rings. The van der Waals surface area contributed by atoms with Gasteiger partial charge < -0.3 is 14.2 Å². The van der Waals surface area contributed by atoms with Crippen LogP contribution in [0.15, 0.2) is 48.5 Å². The summed E-state index contributed by atoms with van der Waals surface area (Å²) in [7, 11) is 0. The minimum atomic E-state index is -0.277. The maximum Gasteiger partial charge on any atom is 0.161 e. The monoisotopic (exact) mass is 290 g/mol. The first-order valence-corrected chi connectivity index (χ1v) is 7.02. The van der Waals surface area contributed by atoms with Gasteiger partial charge in [0.25, 0.3) is 0 Å². The zero-order valence-electron chi connectivity index (χ0n) is 12.0. The molecule has 0 unspecified atom stereocenters. The standard InChI is InChI=1S/C17H19FO3/c1-2-11-20-16-5-3-4-6-17(16)21-13-12-19-15-9-7-14(18)8-10-15/h3-10H,2,11-13H2,1H3. The van der Waals surface area contributed by atoms with Gasteiger partial charge in [-0.15, -0.1) is 0 Å². The molecule has 0 N–H and O–H groups in total. The zero-order chi connectivity index (χ0) is 14.9. The predicted octanol–water partition coefficient (Wildman–Crippen LogP) is 4.07. The van der Waals surface area contributed by atoms with E-state index in [1.54, 1.807) is 12.1 Å². The molecule has 0 heterocycles. The van der Waals surface area contributed by atoms with E-state index in [0.717, 1.165) is 12.2 Å². The largest absolute Gasteiger partial charge is 0.490 e. The van der Waals surface area contributed by atoms with Crippen molar-refractivity contribution in [3.05, 3.63) is 54.3 Å². The van der Waals surface area contributed by atoms with Gasteiger partial charge in [-0.3, -0.25) is 0 Å². The van der Waals surface area contributed by atoms with Crippen LogP contribution in [0.25, 0.3) is 0 Å². The summed E-state index contributed by atoms with van der Waals surface area (Å²) in [5, 5.41) is 0. The first kappa shape index (κ1) is 15.2.